The summed E-state index contributed by atoms with van der Waals surface area (Å²) in [6.45, 7) is 0. The van der Waals surface area contributed by atoms with E-state index >= 15 is 0 Å². The Morgan fingerprint density at radius 2 is 0.824 bits per heavy atom. The van der Waals surface area contributed by atoms with Crippen LogP contribution in [0.4, 0.5) is 0 Å². The van der Waals surface area contributed by atoms with E-state index in [9.17, 15) is 40.9 Å². The number of phenolic OH excluding ortho intramolecular Hbond substituents is 8. The second-order valence-corrected chi connectivity index (χ2v) is 12.5. The smallest absolute Gasteiger partial charge is 0.204 e. The van der Waals surface area contributed by atoms with Crippen molar-refractivity contribution in [1.82, 2.24) is 0 Å². The number of hydrogen-bond donors (Lipinski definition) is 8. The second kappa shape index (κ2) is 10.6. The number of aromatic hydroxyl groups is 8. The molecule has 0 spiro atoms. The highest BCUT2D eigenvalue weighted by Gasteiger charge is 2.33. The van der Waals surface area contributed by atoms with Gasteiger partial charge in [-0.2, -0.15) is 0 Å². The normalized spacial score (nSPS) is 11.8. The molecule has 1 aromatic heterocycles. The topological polar surface area (TPSA) is 175 Å². The van der Waals surface area contributed by atoms with Crippen LogP contribution in [-0.2, 0) is 0 Å². The van der Waals surface area contributed by atoms with Gasteiger partial charge in [0.25, 0.3) is 0 Å². The zero-order valence-corrected chi connectivity index (χ0v) is 26.4. The lowest BCUT2D eigenvalue weighted by molar-refractivity contribution is 0.350. The van der Waals surface area contributed by atoms with E-state index in [2.05, 4.69) is 0 Å². The zero-order valence-electron chi connectivity index (χ0n) is 26.4. The summed E-state index contributed by atoms with van der Waals surface area (Å²) >= 11 is 0. The molecule has 0 aliphatic carbocycles. The predicted molar refractivity (Wildman–Crippen MR) is 196 cm³/mol. The first-order valence-electron chi connectivity index (χ1n) is 15.9. The van der Waals surface area contributed by atoms with Crippen molar-refractivity contribution in [3.8, 4) is 79.4 Å². The molecule has 8 N–H and O–H groups in total. The van der Waals surface area contributed by atoms with Gasteiger partial charge in [-0.3, -0.25) is 0 Å². The van der Waals surface area contributed by atoms with E-state index in [1.54, 1.807) is 48.5 Å². The van der Waals surface area contributed by atoms with Gasteiger partial charge in [0.2, 0.25) is 23.0 Å². The van der Waals surface area contributed by atoms with E-state index in [1.807, 2.05) is 60.7 Å². The van der Waals surface area contributed by atoms with Crippen LogP contribution in [0.5, 0.6) is 46.0 Å². The van der Waals surface area contributed by atoms with E-state index in [4.69, 9.17) is 4.42 Å². The molecule has 0 aliphatic heterocycles. The maximum atomic E-state index is 11.7. The minimum atomic E-state index is -1.03. The number of phenols is 8. The summed E-state index contributed by atoms with van der Waals surface area (Å²) in [5.41, 5.74) is 3.52. The molecule has 0 bridgehead atoms. The zero-order chi connectivity index (χ0) is 35.3. The van der Waals surface area contributed by atoms with Crippen LogP contribution >= 0.6 is 0 Å². The number of fused-ring (bicyclic) bond motifs is 6. The van der Waals surface area contributed by atoms with Crippen molar-refractivity contribution in [2.45, 2.75) is 0 Å². The first-order valence-corrected chi connectivity index (χ1v) is 15.9. The van der Waals surface area contributed by atoms with Crippen molar-refractivity contribution in [2.75, 3.05) is 0 Å². The van der Waals surface area contributed by atoms with Gasteiger partial charge < -0.3 is 45.3 Å². The van der Waals surface area contributed by atoms with Gasteiger partial charge in [0.05, 0.1) is 0 Å². The SMILES string of the molecule is Oc1c(O)c(O)c2c(-c3cccc4oc5ccccc5c34)c3c(O)c(O)c(O)c(O)c3c(-c3ccc4cc(-c5ccccc5)ccc4c3)c2c1O. The molecular weight excluding hydrogens is 648 g/mol. The fraction of sp³-hybridized carbons (Fsp3) is 0. The third-order valence-electron chi connectivity index (χ3n) is 9.70. The Morgan fingerprint density at radius 3 is 1.43 bits per heavy atom. The van der Waals surface area contributed by atoms with E-state index in [0.717, 1.165) is 21.9 Å². The van der Waals surface area contributed by atoms with Crippen LogP contribution in [0.15, 0.2) is 114 Å². The number of benzene rings is 8. The van der Waals surface area contributed by atoms with Crippen LogP contribution in [0.25, 0.3) is 87.6 Å². The summed E-state index contributed by atoms with van der Waals surface area (Å²) in [5, 5.41) is 92.2. The molecule has 0 amide bonds. The molecule has 8 aromatic carbocycles. The molecule has 9 aromatic rings. The van der Waals surface area contributed by atoms with Gasteiger partial charge in [-0.25, -0.2) is 0 Å². The Balaban J connectivity index is 1.49. The monoisotopic (exact) mass is 674 g/mol. The Hall–Kier alpha value is -7.26. The lowest BCUT2D eigenvalue weighted by Crippen LogP contribution is -1.95. The van der Waals surface area contributed by atoms with Gasteiger partial charge in [0.15, 0.2) is 23.0 Å². The first-order chi connectivity index (χ1) is 24.7. The highest BCUT2D eigenvalue weighted by Crippen LogP contribution is 2.62. The van der Waals surface area contributed by atoms with Crippen LogP contribution in [0.2, 0.25) is 0 Å². The molecule has 0 atom stereocenters. The molecule has 1 heterocycles. The van der Waals surface area contributed by atoms with Crippen molar-refractivity contribution < 1.29 is 45.3 Å². The number of hydrogen-bond acceptors (Lipinski definition) is 9. The maximum Gasteiger partial charge on any atom is 0.204 e. The van der Waals surface area contributed by atoms with Gasteiger partial charge in [0, 0.05) is 43.4 Å². The number of rotatable bonds is 3. The van der Waals surface area contributed by atoms with Crippen LogP contribution in [-0.4, -0.2) is 40.9 Å². The highest BCUT2D eigenvalue weighted by atomic mass is 16.4. The summed E-state index contributed by atoms with van der Waals surface area (Å²) in [5.74, 6) is -7.49. The second-order valence-electron chi connectivity index (χ2n) is 12.5. The molecule has 0 radical (unpaired) electrons. The van der Waals surface area contributed by atoms with Crippen molar-refractivity contribution >= 4 is 54.3 Å². The molecule has 9 rings (SSSR count). The minimum absolute atomic E-state index is 0.0202. The van der Waals surface area contributed by atoms with Gasteiger partial charge in [0.1, 0.15) is 11.2 Å². The van der Waals surface area contributed by atoms with Gasteiger partial charge in [-0.05, 0) is 57.3 Å². The third-order valence-corrected chi connectivity index (χ3v) is 9.70. The predicted octanol–water partition coefficient (Wildman–Crippen LogP) is 9.69. The van der Waals surface area contributed by atoms with E-state index in [1.165, 1.54) is 0 Å². The average Bonchev–Trinajstić information content (AvgIpc) is 3.55. The molecular formula is C42H26O9. The van der Waals surface area contributed by atoms with Gasteiger partial charge in [-0.1, -0.05) is 84.9 Å². The Kier molecular flexibility index (Phi) is 6.21. The molecule has 0 saturated heterocycles. The molecule has 0 aliphatic rings. The Morgan fingerprint density at radius 1 is 0.333 bits per heavy atom. The quantitative estimate of drug-likeness (QED) is 0.0515. The standard InChI is InChI=1S/C42H26O9/c43-35-31-28(23-16-15-21-17-20(13-14-22(21)18-23)19-7-2-1-3-8-19)32-34(38(46)42(50)40(48)36(32)44)30(33(31)37(45)41(49)39(35)47)25-10-6-12-27-29(25)24-9-4-5-11-26(24)51-27/h1-18,43-50H. The molecule has 0 saturated carbocycles. The fourth-order valence-corrected chi connectivity index (χ4v) is 7.37. The van der Waals surface area contributed by atoms with Crippen LogP contribution in [0.1, 0.15) is 0 Å². The van der Waals surface area contributed by atoms with E-state index in [0.29, 0.717) is 33.1 Å². The maximum absolute atomic E-state index is 11.7. The van der Waals surface area contributed by atoms with Crippen LogP contribution in [0, 0.1) is 0 Å². The Bertz CT molecular complexity index is 2860. The van der Waals surface area contributed by atoms with Crippen molar-refractivity contribution in [1.29, 1.82) is 0 Å². The summed E-state index contributed by atoms with van der Waals surface area (Å²) in [4.78, 5) is 0. The molecule has 9 nitrogen and oxygen atoms in total. The summed E-state index contributed by atoms with van der Waals surface area (Å²) in [6.07, 6.45) is 0. The minimum Gasteiger partial charge on any atom is -0.504 e. The molecule has 0 fully saturated rings. The van der Waals surface area contributed by atoms with Crippen LogP contribution < -0.4 is 0 Å². The average molecular weight is 675 g/mol. The summed E-state index contributed by atoms with van der Waals surface area (Å²) < 4.78 is 6.10. The molecule has 51 heavy (non-hydrogen) atoms. The summed E-state index contributed by atoms with van der Waals surface area (Å²) in [6, 6.07) is 33.1. The first kappa shape index (κ1) is 29.8. The Labute approximate surface area is 287 Å². The number of furan rings is 1. The fourth-order valence-electron chi connectivity index (χ4n) is 7.37. The van der Waals surface area contributed by atoms with Crippen molar-refractivity contribution in [2.24, 2.45) is 0 Å². The lowest BCUT2D eigenvalue weighted by Gasteiger charge is -2.23. The van der Waals surface area contributed by atoms with Crippen molar-refractivity contribution in [3.63, 3.8) is 0 Å². The van der Waals surface area contributed by atoms with Gasteiger partial charge >= 0.3 is 0 Å². The lowest BCUT2D eigenvalue weighted by atomic mass is 9.82. The van der Waals surface area contributed by atoms with Crippen molar-refractivity contribution in [3.05, 3.63) is 109 Å². The van der Waals surface area contributed by atoms with E-state index in [-0.39, 0.29) is 32.7 Å². The molecule has 9 heteroatoms. The third kappa shape index (κ3) is 4.09. The molecule has 248 valence electrons. The van der Waals surface area contributed by atoms with Crippen LogP contribution in [0.3, 0.4) is 0 Å². The number of para-hydroxylation sites is 1. The largest absolute Gasteiger partial charge is 0.504 e. The van der Waals surface area contributed by atoms with Gasteiger partial charge in [-0.15, -0.1) is 0 Å². The highest BCUT2D eigenvalue weighted by molar-refractivity contribution is 6.31. The van der Waals surface area contributed by atoms with E-state index < -0.39 is 46.0 Å². The summed E-state index contributed by atoms with van der Waals surface area (Å²) in [7, 11) is 0. The molecule has 0 unspecified atom stereocenters.